The summed E-state index contributed by atoms with van der Waals surface area (Å²) >= 11 is 14.1. The van der Waals surface area contributed by atoms with Crippen LogP contribution in [0.1, 0.15) is 30.4 Å². The molecule has 0 bridgehead atoms. The number of rotatable bonds is 10. The minimum Gasteiger partial charge on any atom is -0.481 e. The zero-order valence-electron chi connectivity index (χ0n) is 20.8. The second-order valence-electron chi connectivity index (χ2n) is 8.73. The molecule has 0 saturated carbocycles. The van der Waals surface area contributed by atoms with Crippen LogP contribution in [0.25, 0.3) is 6.08 Å². The lowest BCUT2D eigenvalue weighted by Crippen LogP contribution is -2.40. The Hall–Kier alpha value is -3.01. The fraction of sp³-hybridized carbons (Fsp3) is 0.333. The number of anilines is 1. The molecule has 2 aromatic carbocycles. The van der Waals surface area contributed by atoms with Crippen LogP contribution in [0.5, 0.6) is 0 Å². The van der Waals surface area contributed by atoms with Crippen molar-refractivity contribution in [1.82, 2.24) is 10.2 Å². The quantitative estimate of drug-likeness (QED) is 0.277. The van der Waals surface area contributed by atoms with Crippen molar-refractivity contribution in [1.29, 1.82) is 0 Å². The number of carbonyl (C=O) groups is 4. The molecule has 0 aromatic heterocycles. The van der Waals surface area contributed by atoms with Gasteiger partial charge in [-0.15, -0.1) is 11.8 Å². The van der Waals surface area contributed by atoms with Gasteiger partial charge >= 0.3 is 5.97 Å². The molecule has 0 aliphatic carbocycles. The van der Waals surface area contributed by atoms with E-state index in [2.05, 4.69) is 10.6 Å². The first-order valence-corrected chi connectivity index (χ1v) is 14.0. The molecule has 0 radical (unpaired) electrons. The molecule has 1 saturated heterocycles. The number of hydrogen-bond acceptors (Lipinski definition) is 5. The van der Waals surface area contributed by atoms with Gasteiger partial charge in [0.25, 0.3) is 0 Å². The Morgan fingerprint density at radius 1 is 1.08 bits per heavy atom. The Balaban J connectivity index is 1.52. The second-order valence-corrected chi connectivity index (χ2v) is 10.3. The molecule has 0 spiro atoms. The summed E-state index contributed by atoms with van der Waals surface area (Å²) in [6, 6.07) is 10.7. The fourth-order valence-electron chi connectivity index (χ4n) is 4.04. The van der Waals surface area contributed by atoms with Gasteiger partial charge in [-0.25, -0.2) is 0 Å². The van der Waals surface area contributed by atoms with E-state index in [1.807, 2.05) is 18.4 Å². The normalized spacial score (nSPS) is 13.9. The van der Waals surface area contributed by atoms with Gasteiger partial charge in [-0.1, -0.05) is 47.5 Å². The topological polar surface area (TPSA) is 116 Å². The monoisotopic (exact) mass is 577 g/mol. The van der Waals surface area contributed by atoms with Crippen molar-refractivity contribution in [3.63, 3.8) is 0 Å². The van der Waals surface area contributed by atoms with Gasteiger partial charge in [0.15, 0.2) is 0 Å². The Bertz CT molecular complexity index is 1230. The molecule has 1 aliphatic heterocycles. The second kappa shape index (κ2) is 14.2. The van der Waals surface area contributed by atoms with E-state index >= 15 is 0 Å². The van der Waals surface area contributed by atoms with E-state index < -0.39 is 5.97 Å². The van der Waals surface area contributed by atoms with Crippen LogP contribution < -0.4 is 10.6 Å². The largest absolute Gasteiger partial charge is 0.481 e. The average Bonchev–Trinajstić information content (AvgIpc) is 2.90. The van der Waals surface area contributed by atoms with Crippen LogP contribution in [0.2, 0.25) is 10.0 Å². The number of carbonyl (C=O) groups excluding carboxylic acids is 3. The summed E-state index contributed by atoms with van der Waals surface area (Å²) in [4.78, 5) is 51.0. The fourth-order valence-corrected chi connectivity index (χ4v) is 5.21. The predicted octanol–water partition coefficient (Wildman–Crippen LogP) is 4.74. The number of aliphatic carboxylic acids is 1. The van der Waals surface area contributed by atoms with E-state index in [1.54, 1.807) is 35.2 Å². The van der Waals surface area contributed by atoms with E-state index in [1.165, 1.54) is 17.8 Å². The van der Waals surface area contributed by atoms with Crippen LogP contribution in [0.15, 0.2) is 47.4 Å². The van der Waals surface area contributed by atoms with Gasteiger partial charge in [0.1, 0.15) is 0 Å². The van der Waals surface area contributed by atoms with Crippen molar-refractivity contribution in [3.05, 3.63) is 63.6 Å². The number of benzene rings is 2. The molecule has 1 heterocycles. The summed E-state index contributed by atoms with van der Waals surface area (Å²) in [6.45, 7) is 0.920. The zero-order chi connectivity index (χ0) is 27.7. The number of halogens is 2. The summed E-state index contributed by atoms with van der Waals surface area (Å²) < 4.78 is 0. The summed E-state index contributed by atoms with van der Waals surface area (Å²) in [7, 11) is 0. The van der Waals surface area contributed by atoms with Gasteiger partial charge in [-0.2, -0.15) is 0 Å². The van der Waals surface area contributed by atoms with Crippen molar-refractivity contribution in [2.24, 2.45) is 5.92 Å². The third-order valence-electron chi connectivity index (χ3n) is 6.17. The van der Waals surface area contributed by atoms with Crippen LogP contribution in [-0.2, 0) is 25.6 Å². The number of hydrogen-bond donors (Lipinski definition) is 3. The zero-order valence-corrected chi connectivity index (χ0v) is 23.2. The molecule has 1 aliphatic rings. The lowest BCUT2D eigenvalue weighted by molar-refractivity contribution is -0.137. The van der Waals surface area contributed by atoms with Crippen molar-refractivity contribution in [3.8, 4) is 0 Å². The molecule has 3 N–H and O–H groups in total. The van der Waals surface area contributed by atoms with Crippen molar-refractivity contribution < 1.29 is 24.3 Å². The van der Waals surface area contributed by atoms with Gasteiger partial charge < -0.3 is 20.6 Å². The van der Waals surface area contributed by atoms with Gasteiger partial charge in [0.2, 0.25) is 17.7 Å². The van der Waals surface area contributed by atoms with E-state index in [0.29, 0.717) is 52.8 Å². The van der Waals surface area contributed by atoms with Gasteiger partial charge in [-0.05, 0) is 48.4 Å². The number of carboxylic acids is 1. The van der Waals surface area contributed by atoms with Crippen molar-refractivity contribution in [2.45, 2.75) is 30.6 Å². The maximum atomic E-state index is 12.9. The standard InChI is InChI=1S/C27H29Cl2N3O5S/c1-38-21-8-6-17(25(28)26(21)29)7-9-23(34)32-14-11-18(12-15-32)27(37)31-20-5-3-2-4-19(20)16-22(33)30-13-10-24(35)36/h2-9,18H,10-16H2,1H3,(H,30,33)(H,31,37)(H,35,36). The van der Waals surface area contributed by atoms with Gasteiger partial charge in [-0.3, -0.25) is 19.2 Å². The molecule has 1 fully saturated rings. The first kappa shape index (κ1) is 29.5. The lowest BCUT2D eigenvalue weighted by Gasteiger charge is -2.30. The first-order chi connectivity index (χ1) is 18.2. The molecule has 0 atom stereocenters. The molecule has 2 aromatic rings. The molecule has 38 heavy (non-hydrogen) atoms. The number of para-hydroxylation sites is 1. The molecular formula is C27H29Cl2N3O5S. The Kier molecular flexibility index (Phi) is 11.1. The number of likely N-dealkylation sites (tertiary alicyclic amines) is 1. The molecule has 0 unspecified atom stereocenters. The van der Waals surface area contributed by atoms with Crippen LogP contribution >= 0.6 is 35.0 Å². The summed E-state index contributed by atoms with van der Waals surface area (Å²) in [5.41, 5.74) is 1.83. The maximum Gasteiger partial charge on any atom is 0.305 e. The minimum atomic E-state index is -0.989. The number of carboxylic acid groups (broad SMARTS) is 1. The van der Waals surface area contributed by atoms with E-state index in [4.69, 9.17) is 28.3 Å². The Labute approximate surface area is 235 Å². The van der Waals surface area contributed by atoms with Crippen LogP contribution in [0.3, 0.4) is 0 Å². The average molecular weight is 579 g/mol. The highest BCUT2D eigenvalue weighted by Gasteiger charge is 2.27. The Morgan fingerprint density at radius 3 is 2.47 bits per heavy atom. The summed E-state index contributed by atoms with van der Waals surface area (Å²) in [5.74, 6) is -1.91. The molecule has 3 rings (SSSR count). The highest BCUT2D eigenvalue weighted by atomic mass is 35.5. The predicted molar refractivity (Wildman–Crippen MR) is 151 cm³/mol. The molecule has 3 amide bonds. The molecule has 8 nitrogen and oxygen atoms in total. The number of nitrogens with one attached hydrogen (secondary N) is 2. The van der Waals surface area contributed by atoms with Gasteiger partial charge in [0.05, 0.1) is 22.9 Å². The number of amides is 3. The lowest BCUT2D eigenvalue weighted by atomic mass is 9.95. The van der Waals surface area contributed by atoms with E-state index in [-0.39, 0.29) is 43.0 Å². The molecular weight excluding hydrogens is 549 g/mol. The van der Waals surface area contributed by atoms with E-state index in [9.17, 15) is 19.2 Å². The number of nitrogens with zero attached hydrogens (tertiary/aromatic N) is 1. The van der Waals surface area contributed by atoms with Crippen molar-refractivity contribution >= 4 is 70.4 Å². The van der Waals surface area contributed by atoms with Crippen molar-refractivity contribution in [2.75, 3.05) is 31.2 Å². The Morgan fingerprint density at radius 2 is 1.79 bits per heavy atom. The number of piperidine rings is 1. The third-order valence-corrected chi connectivity index (χ3v) is 7.96. The summed E-state index contributed by atoms with van der Waals surface area (Å²) in [5, 5.41) is 15.0. The first-order valence-electron chi connectivity index (χ1n) is 12.1. The third kappa shape index (κ3) is 8.24. The smallest absolute Gasteiger partial charge is 0.305 e. The van der Waals surface area contributed by atoms with E-state index in [0.717, 1.165) is 4.90 Å². The minimum absolute atomic E-state index is 0.0184. The van der Waals surface area contributed by atoms with Crippen LogP contribution in [0.4, 0.5) is 5.69 Å². The summed E-state index contributed by atoms with van der Waals surface area (Å²) in [6.07, 6.45) is 5.91. The maximum absolute atomic E-state index is 12.9. The number of thioether (sulfide) groups is 1. The van der Waals surface area contributed by atoms with Crippen LogP contribution in [0, 0.1) is 5.92 Å². The highest BCUT2D eigenvalue weighted by Crippen LogP contribution is 2.35. The SMILES string of the molecule is CSc1ccc(C=CC(=O)N2CCC(C(=O)Nc3ccccc3CC(=O)NCCC(=O)O)CC2)c(Cl)c1Cl. The van der Waals surface area contributed by atoms with Gasteiger partial charge in [0, 0.05) is 42.2 Å². The van der Waals surface area contributed by atoms with Crippen LogP contribution in [-0.4, -0.2) is 59.6 Å². The highest BCUT2D eigenvalue weighted by molar-refractivity contribution is 7.98. The molecule has 202 valence electrons. The molecule has 11 heteroatoms.